The normalized spacial score (nSPS) is 16.4. The van der Waals surface area contributed by atoms with Gasteiger partial charge in [0.15, 0.2) is 0 Å². The molecular formula is C28H37N7O6. The number of ether oxygens (including phenoxy) is 1. The van der Waals surface area contributed by atoms with E-state index < -0.39 is 23.9 Å². The van der Waals surface area contributed by atoms with E-state index in [-0.39, 0.29) is 18.0 Å². The second-order valence-corrected chi connectivity index (χ2v) is 9.84. The molecule has 0 saturated carbocycles. The minimum atomic E-state index is -1.06. The zero-order valence-corrected chi connectivity index (χ0v) is 23.2. The topological polar surface area (TPSA) is 156 Å². The zero-order valence-electron chi connectivity index (χ0n) is 23.2. The van der Waals surface area contributed by atoms with E-state index in [0.29, 0.717) is 70.3 Å². The highest BCUT2D eigenvalue weighted by molar-refractivity contribution is 6.00. The minimum absolute atomic E-state index is 0.00683. The van der Waals surface area contributed by atoms with Crippen molar-refractivity contribution in [1.29, 1.82) is 0 Å². The monoisotopic (exact) mass is 567 g/mol. The Morgan fingerprint density at radius 2 is 1.80 bits per heavy atom. The number of carbonyl (C=O) groups excluding carboxylic acids is 3. The molecule has 0 radical (unpaired) electrons. The highest BCUT2D eigenvalue weighted by Crippen LogP contribution is 2.29. The van der Waals surface area contributed by atoms with Crippen LogP contribution in [0.2, 0.25) is 0 Å². The molecule has 1 unspecified atom stereocenters. The quantitative estimate of drug-likeness (QED) is 0.378. The van der Waals surface area contributed by atoms with Crippen LogP contribution in [0.25, 0.3) is 0 Å². The van der Waals surface area contributed by atoms with Crippen molar-refractivity contribution in [3.8, 4) is 0 Å². The number of benzene rings is 1. The summed E-state index contributed by atoms with van der Waals surface area (Å²) in [5, 5.41) is 17.7. The van der Waals surface area contributed by atoms with Gasteiger partial charge in [-0.15, -0.1) is 0 Å². The van der Waals surface area contributed by atoms with Gasteiger partial charge in [-0.2, -0.15) is 0 Å². The highest BCUT2D eigenvalue weighted by Gasteiger charge is 2.27. The average molecular weight is 568 g/mol. The summed E-state index contributed by atoms with van der Waals surface area (Å²) in [5.74, 6) is -1.54. The van der Waals surface area contributed by atoms with Gasteiger partial charge in [0.25, 0.3) is 5.91 Å². The second-order valence-electron chi connectivity index (χ2n) is 9.84. The van der Waals surface area contributed by atoms with Gasteiger partial charge in [-0.3, -0.25) is 14.6 Å². The van der Waals surface area contributed by atoms with Crippen LogP contribution < -0.4 is 20.9 Å². The molecule has 4 rings (SSSR count). The van der Waals surface area contributed by atoms with Crippen molar-refractivity contribution in [1.82, 2.24) is 25.4 Å². The van der Waals surface area contributed by atoms with Crippen molar-refractivity contribution < 1.29 is 29.0 Å². The number of nitrogens with one attached hydrogen (secondary N) is 3. The highest BCUT2D eigenvalue weighted by atomic mass is 16.5. The Morgan fingerprint density at radius 1 is 1.02 bits per heavy atom. The predicted molar refractivity (Wildman–Crippen MR) is 152 cm³/mol. The molecule has 5 amide bonds. The van der Waals surface area contributed by atoms with Gasteiger partial charge in [0.1, 0.15) is 0 Å². The van der Waals surface area contributed by atoms with Crippen LogP contribution in [0, 0.1) is 0 Å². The largest absolute Gasteiger partial charge is 0.481 e. The molecule has 4 N–H and O–H groups in total. The summed E-state index contributed by atoms with van der Waals surface area (Å²) >= 11 is 0. The fraction of sp³-hybridized carbons (Fsp3) is 0.464. The Bertz CT molecular complexity index is 1220. The molecule has 0 bridgehead atoms. The fourth-order valence-electron chi connectivity index (χ4n) is 4.94. The molecule has 2 aliphatic rings. The molecule has 1 atom stereocenters. The Kier molecular flexibility index (Phi) is 10.3. The van der Waals surface area contributed by atoms with Crippen molar-refractivity contribution in [2.75, 3.05) is 69.2 Å². The Hall–Kier alpha value is -4.39. The van der Waals surface area contributed by atoms with Crippen molar-refractivity contribution in [3.63, 3.8) is 0 Å². The second kappa shape index (κ2) is 14.3. The third-order valence-electron chi connectivity index (χ3n) is 7.00. The molecule has 3 heterocycles. The van der Waals surface area contributed by atoms with E-state index >= 15 is 0 Å². The first kappa shape index (κ1) is 29.6. The lowest BCUT2D eigenvalue weighted by Crippen LogP contribution is -2.49. The van der Waals surface area contributed by atoms with Gasteiger partial charge in [-0.1, -0.05) is 6.07 Å². The number of nitrogens with zero attached hydrogens (tertiary/aromatic N) is 4. The lowest BCUT2D eigenvalue weighted by atomic mass is 10.0. The summed E-state index contributed by atoms with van der Waals surface area (Å²) < 4.78 is 5.37. The van der Waals surface area contributed by atoms with Crippen LogP contribution >= 0.6 is 0 Å². The van der Waals surface area contributed by atoms with Crippen LogP contribution in [0.15, 0.2) is 42.7 Å². The van der Waals surface area contributed by atoms with Gasteiger partial charge in [-0.05, 0) is 43.2 Å². The first-order chi connectivity index (χ1) is 19.9. The number of hydrogen-bond donors (Lipinski definition) is 4. The summed E-state index contributed by atoms with van der Waals surface area (Å²) in [5.41, 5.74) is 2.00. The maximum Gasteiger partial charge on any atom is 0.320 e. The number of aromatic nitrogens is 1. The molecule has 13 nitrogen and oxygen atoms in total. The maximum absolute atomic E-state index is 13.3. The molecular weight excluding hydrogens is 530 g/mol. The average Bonchev–Trinajstić information content (AvgIpc) is 3.23. The maximum atomic E-state index is 13.3. The Morgan fingerprint density at radius 3 is 2.51 bits per heavy atom. The lowest BCUT2D eigenvalue weighted by Gasteiger charge is -2.32. The number of carbonyl (C=O) groups is 4. The summed E-state index contributed by atoms with van der Waals surface area (Å²) in [6, 6.07) is 7.20. The van der Waals surface area contributed by atoms with Gasteiger partial charge in [-0.25, -0.2) is 9.59 Å². The van der Waals surface area contributed by atoms with E-state index in [0.717, 1.165) is 12.1 Å². The van der Waals surface area contributed by atoms with Crippen LogP contribution in [0.5, 0.6) is 0 Å². The first-order valence-electron chi connectivity index (χ1n) is 13.8. The number of hydrogen-bond acceptors (Lipinski definition) is 7. The first-order valence-corrected chi connectivity index (χ1v) is 13.8. The summed E-state index contributed by atoms with van der Waals surface area (Å²) in [6.07, 6.45) is 3.51. The minimum Gasteiger partial charge on any atom is -0.481 e. The number of carboxylic acid groups (broad SMARTS) is 1. The summed E-state index contributed by atoms with van der Waals surface area (Å²) in [6.45, 7) is 6.81. The van der Waals surface area contributed by atoms with E-state index in [2.05, 4.69) is 25.8 Å². The van der Waals surface area contributed by atoms with Gasteiger partial charge < -0.3 is 40.5 Å². The smallest absolute Gasteiger partial charge is 0.320 e. The van der Waals surface area contributed by atoms with Crippen LogP contribution in [0.4, 0.5) is 21.0 Å². The van der Waals surface area contributed by atoms with E-state index in [4.69, 9.17) is 4.74 Å². The van der Waals surface area contributed by atoms with E-state index in [1.165, 1.54) is 6.20 Å². The van der Waals surface area contributed by atoms with Crippen LogP contribution in [-0.4, -0.2) is 103 Å². The van der Waals surface area contributed by atoms with E-state index in [1.807, 2.05) is 9.80 Å². The van der Waals surface area contributed by atoms with Crippen molar-refractivity contribution >= 4 is 35.3 Å². The van der Waals surface area contributed by atoms with Crippen LogP contribution in [0.1, 0.15) is 41.7 Å². The molecule has 220 valence electrons. The molecule has 0 aliphatic carbocycles. The molecule has 41 heavy (non-hydrogen) atoms. The van der Waals surface area contributed by atoms with E-state index in [9.17, 15) is 24.3 Å². The fourth-order valence-corrected chi connectivity index (χ4v) is 4.94. The van der Waals surface area contributed by atoms with Crippen LogP contribution in [-0.2, 0) is 9.53 Å². The third kappa shape index (κ3) is 8.07. The molecule has 0 spiro atoms. The molecule has 2 aromatic rings. The Balaban J connectivity index is 1.52. The summed E-state index contributed by atoms with van der Waals surface area (Å²) in [4.78, 5) is 60.1. The number of aliphatic carboxylic acids is 1. The van der Waals surface area contributed by atoms with Gasteiger partial charge >= 0.3 is 18.0 Å². The molecule has 1 aromatic carbocycles. The number of urea groups is 2. The SMILES string of the molecule is CCNC(=O)Nc1cc(C(=O)NC(CC(=O)O)c2cccnc2)ccc1N1CCCN(C(=O)N2CCOCC2)CC1. The van der Waals surface area contributed by atoms with E-state index in [1.54, 1.807) is 43.5 Å². The lowest BCUT2D eigenvalue weighted by molar-refractivity contribution is -0.137. The van der Waals surface area contributed by atoms with Gasteiger partial charge in [0, 0.05) is 63.8 Å². The van der Waals surface area contributed by atoms with Crippen molar-refractivity contribution in [2.45, 2.75) is 25.8 Å². The predicted octanol–water partition coefficient (Wildman–Crippen LogP) is 2.13. The molecule has 2 fully saturated rings. The van der Waals surface area contributed by atoms with Gasteiger partial charge in [0.05, 0.1) is 37.1 Å². The standard InChI is InChI=1S/C28H37N7O6/c1-2-30-27(39)32-23-17-20(26(38)31-22(18-25(36)37)21-5-3-8-29-19-21)6-7-24(23)33-9-4-10-34(12-11-33)28(40)35-13-15-41-16-14-35/h3,5-8,17,19,22H,2,4,9-16,18H2,1H3,(H,31,38)(H,36,37)(H2,30,32,39). The number of morpholine rings is 1. The van der Waals surface area contributed by atoms with Crippen LogP contribution in [0.3, 0.4) is 0 Å². The number of carboxylic acids is 1. The molecule has 2 aliphatic heterocycles. The number of anilines is 2. The third-order valence-corrected chi connectivity index (χ3v) is 7.00. The number of amides is 5. The molecule has 2 saturated heterocycles. The zero-order chi connectivity index (χ0) is 29.2. The molecule has 1 aromatic heterocycles. The number of rotatable bonds is 8. The van der Waals surface area contributed by atoms with Crippen molar-refractivity contribution in [3.05, 3.63) is 53.9 Å². The number of pyridine rings is 1. The van der Waals surface area contributed by atoms with Crippen molar-refractivity contribution in [2.24, 2.45) is 0 Å². The van der Waals surface area contributed by atoms with Gasteiger partial charge in [0.2, 0.25) is 0 Å². The Labute approximate surface area is 238 Å². The summed E-state index contributed by atoms with van der Waals surface area (Å²) in [7, 11) is 0. The molecule has 13 heteroatoms.